The van der Waals surface area contributed by atoms with Crippen molar-refractivity contribution in [2.75, 3.05) is 13.2 Å². The number of rotatable bonds is 80. The van der Waals surface area contributed by atoms with E-state index in [4.69, 9.17) is 9.47 Å². The molecule has 0 rings (SSSR count). The van der Waals surface area contributed by atoms with Gasteiger partial charge < -0.3 is 14.6 Å². The van der Waals surface area contributed by atoms with Crippen LogP contribution in [0.4, 0.5) is 0 Å². The third kappa shape index (κ3) is 80.5. The highest BCUT2D eigenvalue weighted by atomic mass is 16.6. The van der Waals surface area contributed by atoms with E-state index in [1.165, 1.54) is 411 Å². The van der Waals surface area contributed by atoms with Gasteiger partial charge in [-0.05, 0) is 51.4 Å². The van der Waals surface area contributed by atoms with Crippen molar-refractivity contribution < 1.29 is 24.2 Å². The maximum absolute atomic E-state index is 12.4. The van der Waals surface area contributed by atoms with Crippen molar-refractivity contribution >= 4 is 11.9 Å². The topological polar surface area (TPSA) is 72.8 Å². The highest BCUT2D eigenvalue weighted by Gasteiger charge is 2.16. The van der Waals surface area contributed by atoms with Crippen LogP contribution in [0.15, 0.2) is 36.5 Å². The molecule has 0 aromatic carbocycles. The van der Waals surface area contributed by atoms with Gasteiger partial charge in [0, 0.05) is 12.8 Å². The predicted octanol–water partition coefficient (Wildman–Crippen LogP) is 29.6. The molecule has 0 amide bonds. The summed E-state index contributed by atoms with van der Waals surface area (Å²) in [5, 5.41) is 9.74. The fourth-order valence-corrected chi connectivity index (χ4v) is 13.4. The molecular weight excluding hydrogens is 1110 g/mol. The van der Waals surface area contributed by atoms with Crippen LogP contribution in [0, 0.1) is 0 Å². The van der Waals surface area contributed by atoms with E-state index in [1.54, 1.807) is 0 Å². The molecule has 0 fully saturated rings. The van der Waals surface area contributed by atoms with Crippen LogP contribution in [0.25, 0.3) is 0 Å². The number of ether oxygens (including phenoxy) is 2. The Morgan fingerprint density at radius 3 is 0.659 bits per heavy atom. The van der Waals surface area contributed by atoms with Crippen molar-refractivity contribution in [3.63, 3.8) is 0 Å². The van der Waals surface area contributed by atoms with Crippen LogP contribution >= 0.6 is 0 Å². The third-order valence-corrected chi connectivity index (χ3v) is 19.7. The number of hydrogen-bond donors (Lipinski definition) is 1. The van der Waals surface area contributed by atoms with Crippen molar-refractivity contribution in [2.24, 2.45) is 0 Å². The summed E-state index contributed by atoms with van der Waals surface area (Å²) in [5.74, 6) is -0.559. The van der Waals surface area contributed by atoms with E-state index in [9.17, 15) is 14.7 Å². The second-order valence-electron chi connectivity index (χ2n) is 28.9. The lowest BCUT2D eigenvalue weighted by molar-refractivity contribution is -0.161. The van der Waals surface area contributed by atoms with E-state index in [0.717, 1.165) is 44.9 Å². The normalized spacial score (nSPS) is 12.3. The Morgan fingerprint density at radius 1 is 0.253 bits per heavy atom. The largest absolute Gasteiger partial charge is 0.462 e. The molecule has 538 valence electrons. The molecule has 91 heavy (non-hydrogen) atoms. The van der Waals surface area contributed by atoms with E-state index in [2.05, 4.69) is 50.3 Å². The molecule has 0 spiro atoms. The van der Waals surface area contributed by atoms with Crippen molar-refractivity contribution in [2.45, 2.75) is 489 Å². The molecule has 0 heterocycles. The molecular formula is C86H164O5. The minimum absolute atomic E-state index is 0.0576. The number of unbranched alkanes of at least 4 members (excludes halogenated alkanes) is 66. The van der Waals surface area contributed by atoms with Gasteiger partial charge in [0.1, 0.15) is 6.61 Å². The lowest BCUT2D eigenvalue weighted by atomic mass is 10.0. The molecule has 5 heteroatoms. The number of allylic oxidation sites excluding steroid dienone is 6. The highest BCUT2D eigenvalue weighted by Crippen LogP contribution is 2.21. The molecule has 0 aliphatic carbocycles. The van der Waals surface area contributed by atoms with Crippen LogP contribution in [0.5, 0.6) is 0 Å². The van der Waals surface area contributed by atoms with Gasteiger partial charge >= 0.3 is 11.9 Å². The van der Waals surface area contributed by atoms with Gasteiger partial charge in [0.2, 0.25) is 0 Å². The van der Waals surface area contributed by atoms with Crippen molar-refractivity contribution in [3.8, 4) is 0 Å². The van der Waals surface area contributed by atoms with E-state index >= 15 is 0 Å². The Hall–Kier alpha value is -1.88. The number of esters is 2. The molecule has 0 radical (unpaired) electrons. The Morgan fingerprint density at radius 2 is 0.440 bits per heavy atom. The summed E-state index contributed by atoms with van der Waals surface area (Å²) in [7, 11) is 0. The van der Waals surface area contributed by atoms with Gasteiger partial charge in [-0.3, -0.25) is 9.59 Å². The van der Waals surface area contributed by atoms with E-state index in [1.807, 2.05) is 0 Å². The number of carbonyl (C=O) groups excluding carboxylic acids is 2. The fourth-order valence-electron chi connectivity index (χ4n) is 13.4. The first-order valence-electron chi connectivity index (χ1n) is 42.0. The second-order valence-corrected chi connectivity index (χ2v) is 28.9. The summed E-state index contributed by atoms with van der Waals surface area (Å²) in [6.07, 6.45) is 111. The number of carbonyl (C=O) groups is 2. The van der Waals surface area contributed by atoms with Crippen LogP contribution in [-0.4, -0.2) is 36.4 Å². The zero-order valence-electron chi connectivity index (χ0n) is 62.2. The molecule has 0 aliphatic heterocycles. The molecule has 0 saturated carbocycles. The van der Waals surface area contributed by atoms with Crippen LogP contribution in [0.3, 0.4) is 0 Å². The van der Waals surface area contributed by atoms with Crippen LogP contribution < -0.4 is 0 Å². The highest BCUT2D eigenvalue weighted by molar-refractivity contribution is 5.70. The first kappa shape index (κ1) is 89.1. The van der Waals surface area contributed by atoms with E-state index in [0.29, 0.717) is 12.8 Å². The summed E-state index contributed by atoms with van der Waals surface area (Å²) < 4.78 is 10.8. The molecule has 1 N–H and O–H groups in total. The van der Waals surface area contributed by atoms with Gasteiger partial charge in [0.15, 0.2) is 6.10 Å². The molecule has 0 bridgehead atoms. The number of aliphatic hydroxyl groups is 1. The smallest absolute Gasteiger partial charge is 0.306 e. The molecule has 1 unspecified atom stereocenters. The average Bonchev–Trinajstić information content (AvgIpc) is 3.67. The van der Waals surface area contributed by atoms with Crippen molar-refractivity contribution in [3.05, 3.63) is 36.5 Å². The van der Waals surface area contributed by atoms with E-state index in [-0.39, 0.29) is 25.2 Å². The Labute approximate surface area is 571 Å². The van der Waals surface area contributed by atoms with E-state index < -0.39 is 6.10 Å². The van der Waals surface area contributed by atoms with Crippen LogP contribution in [0.2, 0.25) is 0 Å². The standard InChI is InChI=1S/C86H164O5/c1-3-5-7-9-11-13-15-17-19-21-23-25-27-29-31-33-35-37-39-41-43-45-47-49-51-53-55-57-59-61-63-65-67-69-71-73-75-77-79-81-86(89)91-84(82-87)83-90-85(88)80-78-76-74-72-70-68-66-64-62-60-58-56-54-52-50-48-46-44-42-40-38-36-34-32-30-28-26-24-22-20-18-16-14-12-10-8-6-4-2/h15,17,21,23,27,29,84,87H,3-14,16,18-20,22,24-26,28,30-83H2,1-2H3/b17-15-,23-21-,29-27-. The molecule has 0 aliphatic rings. The second kappa shape index (κ2) is 82.4. The number of hydrogen-bond acceptors (Lipinski definition) is 5. The van der Waals surface area contributed by atoms with Gasteiger partial charge in [0.25, 0.3) is 0 Å². The van der Waals surface area contributed by atoms with Gasteiger partial charge in [-0.25, -0.2) is 0 Å². The molecule has 0 aromatic rings. The minimum atomic E-state index is -0.770. The predicted molar refractivity (Wildman–Crippen MR) is 404 cm³/mol. The summed E-state index contributed by atoms with van der Waals surface area (Å²) in [6.45, 7) is 4.21. The summed E-state index contributed by atoms with van der Waals surface area (Å²) in [4.78, 5) is 24.7. The summed E-state index contributed by atoms with van der Waals surface area (Å²) >= 11 is 0. The Kier molecular flexibility index (Phi) is 80.6. The Balaban J connectivity index is 3.35. The minimum Gasteiger partial charge on any atom is -0.462 e. The van der Waals surface area contributed by atoms with Gasteiger partial charge in [-0.2, -0.15) is 0 Å². The summed E-state index contributed by atoms with van der Waals surface area (Å²) in [6, 6.07) is 0. The fraction of sp³-hybridized carbons (Fsp3) is 0.907. The quantitative estimate of drug-likeness (QED) is 0.0373. The van der Waals surface area contributed by atoms with Crippen LogP contribution in [0.1, 0.15) is 483 Å². The Bertz CT molecular complexity index is 1450. The van der Waals surface area contributed by atoms with Crippen LogP contribution in [-0.2, 0) is 19.1 Å². The third-order valence-electron chi connectivity index (χ3n) is 19.7. The number of aliphatic hydroxyl groups excluding tert-OH is 1. The summed E-state index contributed by atoms with van der Waals surface area (Å²) in [5.41, 5.74) is 0. The zero-order chi connectivity index (χ0) is 65.4. The monoisotopic (exact) mass is 1280 g/mol. The molecule has 0 saturated heterocycles. The first-order valence-corrected chi connectivity index (χ1v) is 42.0. The lowest BCUT2D eigenvalue weighted by Gasteiger charge is -2.15. The maximum atomic E-state index is 12.4. The molecule has 0 aromatic heterocycles. The average molecular weight is 1280 g/mol. The zero-order valence-corrected chi connectivity index (χ0v) is 62.2. The van der Waals surface area contributed by atoms with Gasteiger partial charge in [0.05, 0.1) is 6.61 Å². The van der Waals surface area contributed by atoms with Crippen molar-refractivity contribution in [1.82, 2.24) is 0 Å². The SMILES string of the molecule is CCCCCCC/C=C\C/C=C\C/C=C\CCCCCCCCCCCCCCCCCCCCCCCCCCC(=O)OC(CO)COC(=O)CCCCCCCCCCCCCCCCCCCCCCCCCCCCCCCCCCCCCCCC. The van der Waals surface area contributed by atoms with Crippen molar-refractivity contribution in [1.29, 1.82) is 0 Å². The molecule has 1 atom stereocenters. The first-order chi connectivity index (χ1) is 45.1. The maximum Gasteiger partial charge on any atom is 0.306 e. The van der Waals surface area contributed by atoms with Gasteiger partial charge in [-0.15, -0.1) is 0 Å². The van der Waals surface area contributed by atoms with Gasteiger partial charge in [-0.1, -0.05) is 455 Å². The lowest BCUT2D eigenvalue weighted by Crippen LogP contribution is -2.28. The molecule has 5 nitrogen and oxygen atoms in total.